The molecule has 0 radical (unpaired) electrons. The minimum absolute atomic E-state index is 0.141. The molecule has 0 aliphatic carbocycles. The van der Waals surface area contributed by atoms with Crippen molar-refractivity contribution in [2.45, 2.75) is 13.0 Å². The van der Waals surface area contributed by atoms with Gasteiger partial charge >= 0.3 is 5.97 Å². The lowest BCUT2D eigenvalue weighted by Crippen LogP contribution is -2.28. The fraction of sp³-hybridized carbons (Fsp3) is 0.364. The third kappa shape index (κ3) is 2.93. The Hall–Kier alpha value is -1.62. The molecule has 0 aromatic heterocycles. The van der Waals surface area contributed by atoms with E-state index in [0.29, 0.717) is 5.56 Å². The van der Waals surface area contributed by atoms with Gasteiger partial charge in [0.2, 0.25) is 0 Å². The van der Waals surface area contributed by atoms with Crippen molar-refractivity contribution < 1.29 is 19.4 Å². The Labute approximate surface area is 92.9 Å². The monoisotopic (exact) mass is 227 g/mol. The van der Waals surface area contributed by atoms with Crippen LogP contribution in [0.1, 0.15) is 18.5 Å². The molecule has 1 atom stereocenters. The molecule has 0 amide bonds. The van der Waals surface area contributed by atoms with E-state index in [9.17, 15) is 14.3 Å². The van der Waals surface area contributed by atoms with E-state index in [0.717, 1.165) is 6.07 Å². The Morgan fingerprint density at radius 1 is 1.56 bits per heavy atom. The number of nitrogens with zero attached hydrogens (tertiary/aromatic N) is 1. The van der Waals surface area contributed by atoms with E-state index in [4.69, 9.17) is 5.11 Å². The zero-order valence-corrected chi connectivity index (χ0v) is 9.14. The summed E-state index contributed by atoms with van der Waals surface area (Å²) in [5, 5.41) is 18.2. The summed E-state index contributed by atoms with van der Waals surface area (Å²) in [6, 6.07) is 3.41. The highest BCUT2D eigenvalue weighted by atomic mass is 19.1. The zero-order chi connectivity index (χ0) is 12.3. The lowest BCUT2D eigenvalue weighted by atomic mass is 10.1. The summed E-state index contributed by atoms with van der Waals surface area (Å²) in [5.74, 6) is -1.63. The van der Waals surface area contributed by atoms with Crippen LogP contribution in [0, 0.1) is 5.82 Å². The lowest BCUT2D eigenvalue weighted by Gasteiger charge is -2.23. The largest absolute Gasteiger partial charge is 0.508 e. The Morgan fingerprint density at radius 2 is 2.19 bits per heavy atom. The Morgan fingerprint density at radius 3 is 2.69 bits per heavy atom. The van der Waals surface area contributed by atoms with Crippen LogP contribution in [0.3, 0.4) is 0 Å². The number of carboxylic acids is 1. The summed E-state index contributed by atoms with van der Waals surface area (Å²) >= 11 is 0. The summed E-state index contributed by atoms with van der Waals surface area (Å²) < 4.78 is 12.8. The normalized spacial score (nSPS) is 12.8. The van der Waals surface area contributed by atoms with Gasteiger partial charge in [0.25, 0.3) is 0 Å². The van der Waals surface area contributed by atoms with Crippen molar-refractivity contribution >= 4 is 5.97 Å². The number of likely N-dealkylation sites (N-methyl/N-ethyl adjacent to an activating group) is 1. The first-order valence-electron chi connectivity index (χ1n) is 4.82. The molecule has 88 valence electrons. The summed E-state index contributed by atoms with van der Waals surface area (Å²) in [6.45, 7) is 1.61. The third-order valence-corrected chi connectivity index (χ3v) is 2.49. The molecule has 2 N–H and O–H groups in total. The third-order valence-electron chi connectivity index (χ3n) is 2.49. The molecular formula is C11H14FNO3. The average Bonchev–Trinajstić information content (AvgIpc) is 2.15. The second kappa shape index (κ2) is 4.94. The molecule has 0 spiro atoms. The Balaban J connectivity index is 2.87. The molecule has 0 aliphatic heterocycles. The van der Waals surface area contributed by atoms with Crippen LogP contribution in [0.25, 0.3) is 0 Å². The van der Waals surface area contributed by atoms with Gasteiger partial charge in [-0.2, -0.15) is 0 Å². The van der Waals surface area contributed by atoms with Gasteiger partial charge in [-0.15, -0.1) is 0 Å². The predicted octanol–water partition coefficient (Wildman–Crippen LogP) is 1.61. The van der Waals surface area contributed by atoms with E-state index < -0.39 is 11.8 Å². The number of aromatic hydroxyl groups is 1. The average molecular weight is 227 g/mol. The maximum Gasteiger partial charge on any atom is 0.317 e. The molecule has 0 saturated heterocycles. The molecule has 4 nitrogen and oxygen atoms in total. The van der Waals surface area contributed by atoms with Crippen molar-refractivity contribution in [1.29, 1.82) is 0 Å². The van der Waals surface area contributed by atoms with Gasteiger partial charge < -0.3 is 10.2 Å². The molecule has 1 rings (SSSR count). The van der Waals surface area contributed by atoms with E-state index >= 15 is 0 Å². The van der Waals surface area contributed by atoms with E-state index in [1.165, 1.54) is 12.1 Å². The lowest BCUT2D eigenvalue weighted by molar-refractivity contribution is -0.138. The standard InChI is InChI=1S/C11H14FNO3/c1-7(13(2)6-11(15)16)9-4-3-8(12)5-10(9)14/h3-5,7,14H,6H2,1-2H3,(H,15,16). The van der Waals surface area contributed by atoms with Gasteiger partial charge in [-0.25, -0.2) is 4.39 Å². The number of benzene rings is 1. The van der Waals surface area contributed by atoms with Gasteiger partial charge in [-0.1, -0.05) is 6.07 Å². The first-order valence-corrected chi connectivity index (χ1v) is 4.82. The van der Waals surface area contributed by atoms with Crippen LogP contribution >= 0.6 is 0 Å². The van der Waals surface area contributed by atoms with Crippen LogP contribution in [0.5, 0.6) is 5.75 Å². The van der Waals surface area contributed by atoms with Crippen LogP contribution in [0.4, 0.5) is 4.39 Å². The van der Waals surface area contributed by atoms with Gasteiger partial charge in [0.15, 0.2) is 0 Å². The van der Waals surface area contributed by atoms with Gasteiger partial charge in [-0.05, 0) is 20.0 Å². The Bertz CT molecular complexity index is 395. The molecule has 1 aromatic carbocycles. The summed E-state index contributed by atoms with van der Waals surface area (Å²) in [7, 11) is 1.63. The molecule has 1 unspecified atom stereocenters. The molecule has 0 fully saturated rings. The second-order valence-corrected chi connectivity index (χ2v) is 3.69. The number of rotatable bonds is 4. The number of hydrogen-bond acceptors (Lipinski definition) is 3. The minimum Gasteiger partial charge on any atom is -0.508 e. The highest BCUT2D eigenvalue weighted by Crippen LogP contribution is 2.27. The Kier molecular flexibility index (Phi) is 3.84. The van der Waals surface area contributed by atoms with E-state index in [1.54, 1.807) is 18.9 Å². The number of aliphatic carboxylic acids is 1. The van der Waals surface area contributed by atoms with E-state index in [1.807, 2.05) is 0 Å². The molecule has 0 heterocycles. The van der Waals surface area contributed by atoms with Crippen molar-refractivity contribution in [1.82, 2.24) is 4.90 Å². The molecule has 0 aliphatic rings. The fourth-order valence-electron chi connectivity index (χ4n) is 1.46. The first kappa shape index (κ1) is 12.4. The summed E-state index contributed by atoms with van der Waals surface area (Å²) in [4.78, 5) is 12.1. The van der Waals surface area contributed by atoms with Crippen LogP contribution in [-0.2, 0) is 4.79 Å². The quantitative estimate of drug-likeness (QED) is 0.820. The maximum atomic E-state index is 12.8. The fourth-order valence-corrected chi connectivity index (χ4v) is 1.46. The van der Waals surface area contributed by atoms with Gasteiger partial charge in [-0.3, -0.25) is 9.69 Å². The molecule has 0 saturated carbocycles. The van der Waals surface area contributed by atoms with Crippen molar-refractivity contribution in [2.75, 3.05) is 13.6 Å². The number of carboxylic acid groups (broad SMARTS) is 1. The molecule has 16 heavy (non-hydrogen) atoms. The summed E-state index contributed by atoms with van der Waals surface area (Å²) in [5.41, 5.74) is 0.505. The second-order valence-electron chi connectivity index (χ2n) is 3.69. The highest BCUT2D eigenvalue weighted by molar-refractivity contribution is 5.69. The van der Waals surface area contributed by atoms with Crippen LogP contribution in [0.2, 0.25) is 0 Å². The highest BCUT2D eigenvalue weighted by Gasteiger charge is 2.17. The van der Waals surface area contributed by atoms with Crippen LogP contribution in [-0.4, -0.2) is 34.7 Å². The molecule has 1 aromatic rings. The number of phenols is 1. The van der Waals surface area contributed by atoms with Crippen molar-refractivity contribution in [3.8, 4) is 5.75 Å². The smallest absolute Gasteiger partial charge is 0.317 e. The molecule has 5 heteroatoms. The van der Waals surface area contributed by atoms with E-state index in [2.05, 4.69) is 0 Å². The SMILES string of the molecule is CC(c1ccc(F)cc1O)N(C)CC(=O)O. The van der Waals surface area contributed by atoms with Crippen LogP contribution in [0.15, 0.2) is 18.2 Å². The predicted molar refractivity (Wildman–Crippen MR) is 56.7 cm³/mol. The van der Waals surface area contributed by atoms with Gasteiger partial charge in [0.1, 0.15) is 11.6 Å². The van der Waals surface area contributed by atoms with Gasteiger partial charge in [0, 0.05) is 17.7 Å². The van der Waals surface area contributed by atoms with Crippen molar-refractivity contribution in [3.05, 3.63) is 29.6 Å². The zero-order valence-electron chi connectivity index (χ0n) is 9.14. The topological polar surface area (TPSA) is 60.8 Å². The number of hydrogen-bond donors (Lipinski definition) is 2. The number of phenolic OH excluding ortho intramolecular Hbond substituents is 1. The molecular weight excluding hydrogens is 213 g/mol. The first-order chi connectivity index (χ1) is 7.41. The van der Waals surface area contributed by atoms with Gasteiger partial charge in [0.05, 0.1) is 6.54 Å². The van der Waals surface area contributed by atoms with Crippen molar-refractivity contribution in [3.63, 3.8) is 0 Å². The van der Waals surface area contributed by atoms with E-state index in [-0.39, 0.29) is 18.3 Å². The van der Waals surface area contributed by atoms with Crippen LogP contribution < -0.4 is 0 Å². The number of carbonyl (C=O) groups is 1. The number of halogens is 1. The maximum absolute atomic E-state index is 12.8. The van der Waals surface area contributed by atoms with Crippen molar-refractivity contribution in [2.24, 2.45) is 0 Å². The molecule has 0 bridgehead atoms. The summed E-state index contributed by atoms with van der Waals surface area (Å²) in [6.07, 6.45) is 0. The minimum atomic E-state index is -0.948.